The third kappa shape index (κ3) is 4.99. The second-order valence-electron chi connectivity index (χ2n) is 6.55. The largest absolute Gasteiger partial charge is 0.311 e. The summed E-state index contributed by atoms with van der Waals surface area (Å²) in [4.78, 5) is 16.5. The molecule has 0 aliphatic rings. The number of pyridine rings is 1. The van der Waals surface area contributed by atoms with Crippen molar-refractivity contribution >= 4 is 11.7 Å². The first kappa shape index (κ1) is 16.2. The Hall–Kier alpha value is -2.16. The smallest absolute Gasteiger partial charge is 0.225 e. The Labute approximate surface area is 132 Å². The van der Waals surface area contributed by atoms with Crippen molar-refractivity contribution in [2.75, 3.05) is 5.32 Å². The van der Waals surface area contributed by atoms with Gasteiger partial charge in [-0.25, -0.2) is 4.98 Å². The average molecular weight is 296 g/mol. The Bertz CT molecular complexity index is 615. The minimum absolute atomic E-state index is 0.0198. The van der Waals surface area contributed by atoms with E-state index in [0.29, 0.717) is 12.2 Å². The Kier molecular flexibility index (Phi) is 5.31. The van der Waals surface area contributed by atoms with E-state index in [1.165, 1.54) is 5.56 Å². The van der Waals surface area contributed by atoms with Gasteiger partial charge in [0.1, 0.15) is 5.82 Å². The second kappa shape index (κ2) is 7.21. The topological polar surface area (TPSA) is 42.0 Å². The van der Waals surface area contributed by atoms with Crippen molar-refractivity contribution in [2.24, 2.45) is 0 Å². The van der Waals surface area contributed by atoms with Gasteiger partial charge in [0.2, 0.25) is 5.91 Å². The zero-order valence-electron chi connectivity index (χ0n) is 13.6. The standard InChI is InChI=1S/C19H24N2O/c1-19(2,3)16-12-8-13-17(20-16)21-18(22)14-7-11-15-9-5-4-6-10-15/h4-6,8-10,12-13H,7,11,14H2,1-3H3,(H,20,21,22). The predicted molar refractivity (Wildman–Crippen MR) is 90.9 cm³/mol. The molecule has 2 aromatic rings. The zero-order chi connectivity index (χ0) is 16.0. The van der Waals surface area contributed by atoms with Crippen molar-refractivity contribution in [1.82, 2.24) is 4.98 Å². The van der Waals surface area contributed by atoms with Crippen LogP contribution in [0.25, 0.3) is 0 Å². The van der Waals surface area contributed by atoms with E-state index in [4.69, 9.17) is 0 Å². The van der Waals surface area contributed by atoms with E-state index in [2.05, 4.69) is 43.2 Å². The van der Waals surface area contributed by atoms with Crippen LogP contribution in [0.15, 0.2) is 48.5 Å². The second-order valence-corrected chi connectivity index (χ2v) is 6.55. The molecule has 1 amide bonds. The van der Waals surface area contributed by atoms with Crippen LogP contribution in [0.3, 0.4) is 0 Å². The average Bonchev–Trinajstić information content (AvgIpc) is 2.48. The van der Waals surface area contributed by atoms with E-state index in [-0.39, 0.29) is 11.3 Å². The molecule has 0 bridgehead atoms. The Morgan fingerprint density at radius 2 is 1.77 bits per heavy atom. The Morgan fingerprint density at radius 3 is 2.45 bits per heavy atom. The first-order chi connectivity index (χ1) is 10.4. The van der Waals surface area contributed by atoms with Crippen LogP contribution in [0, 0.1) is 0 Å². The number of nitrogens with one attached hydrogen (secondary N) is 1. The van der Waals surface area contributed by atoms with Crippen LogP contribution in [0.2, 0.25) is 0 Å². The molecule has 0 atom stereocenters. The minimum Gasteiger partial charge on any atom is -0.311 e. The van der Waals surface area contributed by atoms with Crippen LogP contribution in [-0.2, 0) is 16.6 Å². The number of hydrogen-bond donors (Lipinski definition) is 1. The van der Waals surface area contributed by atoms with E-state index in [1.807, 2.05) is 36.4 Å². The molecule has 0 saturated carbocycles. The van der Waals surface area contributed by atoms with Gasteiger partial charge in [-0.1, -0.05) is 57.2 Å². The fraction of sp³-hybridized carbons (Fsp3) is 0.368. The molecule has 0 unspecified atom stereocenters. The maximum absolute atomic E-state index is 12.0. The fourth-order valence-corrected chi connectivity index (χ4v) is 2.23. The predicted octanol–water partition coefficient (Wildman–Crippen LogP) is 4.34. The summed E-state index contributed by atoms with van der Waals surface area (Å²) in [6, 6.07) is 16.0. The molecular formula is C19H24N2O. The zero-order valence-corrected chi connectivity index (χ0v) is 13.6. The molecular weight excluding hydrogens is 272 g/mol. The maximum atomic E-state index is 12.0. The van der Waals surface area contributed by atoms with Gasteiger partial charge in [-0.15, -0.1) is 0 Å². The first-order valence-electron chi connectivity index (χ1n) is 7.76. The number of hydrogen-bond acceptors (Lipinski definition) is 2. The number of aromatic nitrogens is 1. The molecule has 0 aliphatic heterocycles. The molecule has 3 nitrogen and oxygen atoms in total. The summed E-state index contributed by atoms with van der Waals surface area (Å²) in [5.74, 6) is 0.659. The summed E-state index contributed by atoms with van der Waals surface area (Å²) in [7, 11) is 0. The van der Waals surface area contributed by atoms with Crippen molar-refractivity contribution < 1.29 is 4.79 Å². The normalized spacial score (nSPS) is 11.2. The molecule has 1 N–H and O–H groups in total. The highest BCUT2D eigenvalue weighted by atomic mass is 16.1. The number of benzene rings is 1. The number of carbonyl (C=O) groups excluding carboxylic acids is 1. The number of amides is 1. The highest BCUT2D eigenvalue weighted by Gasteiger charge is 2.15. The minimum atomic E-state index is -0.0198. The SMILES string of the molecule is CC(C)(C)c1cccc(NC(=O)CCCc2ccccc2)n1. The van der Waals surface area contributed by atoms with Crippen LogP contribution in [0.4, 0.5) is 5.82 Å². The van der Waals surface area contributed by atoms with Crippen LogP contribution in [0.1, 0.15) is 44.9 Å². The molecule has 0 spiro atoms. The van der Waals surface area contributed by atoms with Gasteiger partial charge in [0.25, 0.3) is 0 Å². The van der Waals surface area contributed by atoms with Gasteiger partial charge in [0.15, 0.2) is 0 Å². The van der Waals surface area contributed by atoms with E-state index in [9.17, 15) is 4.79 Å². The van der Waals surface area contributed by atoms with E-state index in [0.717, 1.165) is 18.5 Å². The van der Waals surface area contributed by atoms with Crippen LogP contribution < -0.4 is 5.32 Å². The van der Waals surface area contributed by atoms with E-state index < -0.39 is 0 Å². The van der Waals surface area contributed by atoms with Crippen LogP contribution >= 0.6 is 0 Å². The van der Waals surface area contributed by atoms with Gasteiger partial charge >= 0.3 is 0 Å². The molecule has 1 aromatic heterocycles. The molecule has 0 aliphatic carbocycles. The quantitative estimate of drug-likeness (QED) is 0.891. The summed E-state index contributed by atoms with van der Waals surface area (Å²) in [5, 5.41) is 2.89. The number of nitrogens with zero attached hydrogens (tertiary/aromatic N) is 1. The molecule has 3 heteroatoms. The number of anilines is 1. The van der Waals surface area contributed by atoms with Gasteiger partial charge < -0.3 is 5.32 Å². The van der Waals surface area contributed by atoms with Gasteiger partial charge in [-0.05, 0) is 30.5 Å². The third-order valence-electron chi connectivity index (χ3n) is 3.50. The molecule has 0 radical (unpaired) electrons. The molecule has 2 rings (SSSR count). The lowest BCUT2D eigenvalue weighted by atomic mass is 9.92. The fourth-order valence-electron chi connectivity index (χ4n) is 2.23. The summed E-state index contributed by atoms with van der Waals surface area (Å²) < 4.78 is 0. The van der Waals surface area contributed by atoms with Crippen molar-refractivity contribution in [3.05, 3.63) is 59.8 Å². The monoisotopic (exact) mass is 296 g/mol. The van der Waals surface area contributed by atoms with Gasteiger partial charge in [-0.2, -0.15) is 0 Å². The van der Waals surface area contributed by atoms with Crippen molar-refractivity contribution in [3.63, 3.8) is 0 Å². The van der Waals surface area contributed by atoms with E-state index >= 15 is 0 Å². The number of carbonyl (C=O) groups is 1. The maximum Gasteiger partial charge on any atom is 0.225 e. The molecule has 0 saturated heterocycles. The Balaban J connectivity index is 1.84. The van der Waals surface area contributed by atoms with Gasteiger partial charge in [0.05, 0.1) is 0 Å². The lowest BCUT2D eigenvalue weighted by Gasteiger charge is -2.18. The lowest BCUT2D eigenvalue weighted by molar-refractivity contribution is -0.116. The van der Waals surface area contributed by atoms with Crippen LogP contribution in [-0.4, -0.2) is 10.9 Å². The molecule has 22 heavy (non-hydrogen) atoms. The van der Waals surface area contributed by atoms with Crippen molar-refractivity contribution in [1.29, 1.82) is 0 Å². The van der Waals surface area contributed by atoms with Gasteiger partial charge in [0, 0.05) is 17.5 Å². The van der Waals surface area contributed by atoms with Gasteiger partial charge in [-0.3, -0.25) is 4.79 Å². The molecule has 1 heterocycles. The van der Waals surface area contributed by atoms with Crippen molar-refractivity contribution in [2.45, 2.75) is 45.4 Å². The summed E-state index contributed by atoms with van der Waals surface area (Å²) in [5.41, 5.74) is 2.23. The van der Waals surface area contributed by atoms with Crippen LogP contribution in [0.5, 0.6) is 0 Å². The molecule has 0 fully saturated rings. The lowest BCUT2D eigenvalue weighted by Crippen LogP contribution is -2.17. The van der Waals surface area contributed by atoms with E-state index in [1.54, 1.807) is 0 Å². The number of aryl methyl sites for hydroxylation is 1. The highest BCUT2D eigenvalue weighted by molar-refractivity contribution is 5.89. The first-order valence-corrected chi connectivity index (χ1v) is 7.76. The third-order valence-corrected chi connectivity index (χ3v) is 3.50. The summed E-state index contributed by atoms with van der Waals surface area (Å²) >= 11 is 0. The molecule has 116 valence electrons. The highest BCUT2D eigenvalue weighted by Crippen LogP contribution is 2.21. The molecule has 1 aromatic carbocycles. The summed E-state index contributed by atoms with van der Waals surface area (Å²) in [6.07, 6.45) is 2.27. The number of rotatable bonds is 5. The van der Waals surface area contributed by atoms with Crippen molar-refractivity contribution in [3.8, 4) is 0 Å². The summed E-state index contributed by atoms with van der Waals surface area (Å²) in [6.45, 7) is 6.34. The Morgan fingerprint density at radius 1 is 1.05 bits per heavy atom.